The molecule has 2 aliphatic carbocycles. The molecule has 0 saturated heterocycles. The lowest BCUT2D eigenvalue weighted by Gasteiger charge is -2.58. The summed E-state index contributed by atoms with van der Waals surface area (Å²) >= 11 is 0. The monoisotopic (exact) mass is 286 g/mol. The van der Waals surface area contributed by atoms with E-state index in [1.807, 2.05) is 6.26 Å². The fourth-order valence-corrected chi connectivity index (χ4v) is 5.18. The van der Waals surface area contributed by atoms with Gasteiger partial charge in [-0.1, -0.05) is 32.4 Å². The van der Waals surface area contributed by atoms with Gasteiger partial charge in [-0.2, -0.15) is 0 Å². The summed E-state index contributed by atoms with van der Waals surface area (Å²) in [6.07, 6.45) is 14.1. The topological polar surface area (TPSA) is 13.1 Å². The maximum Gasteiger partial charge on any atom is 0.0934 e. The molecule has 0 unspecified atom stereocenters. The van der Waals surface area contributed by atoms with Crippen molar-refractivity contribution < 1.29 is 4.42 Å². The van der Waals surface area contributed by atoms with Crippen molar-refractivity contribution in [1.82, 2.24) is 0 Å². The molecule has 1 heterocycles. The van der Waals surface area contributed by atoms with Crippen LogP contribution in [-0.2, 0) is 6.42 Å². The molecular weight excluding hydrogens is 256 g/mol. The lowest BCUT2D eigenvalue weighted by Crippen LogP contribution is -2.49. The molecule has 0 spiro atoms. The summed E-state index contributed by atoms with van der Waals surface area (Å²) in [5.41, 5.74) is 3.91. The summed E-state index contributed by atoms with van der Waals surface area (Å²) in [4.78, 5) is 0. The number of aryl methyl sites for hydroxylation is 1. The minimum atomic E-state index is 0.440. The Morgan fingerprint density at radius 3 is 2.81 bits per heavy atom. The zero-order chi connectivity index (χ0) is 15.1. The Hall–Kier alpha value is -0.980. The molecule has 1 nitrogen and oxygen atoms in total. The van der Waals surface area contributed by atoms with Crippen molar-refractivity contribution in [3.05, 3.63) is 35.8 Å². The van der Waals surface area contributed by atoms with Gasteiger partial charge in [-0.05, 0) is 79.7 Å². The third kappa shape index (κ3) is 2.39. The molecule has 1 aromatic heterocycles. The van der Waals surface area contributed by atoms with Crippen molar-refractivity contribution in [1.29, 1.82) is 0 Å². The molecule has 3 rings (SSSR count). The molecule has 1 aromatic rings. The van der Waals surface area contributed by atoms with E-state index >= 15 is 0 Å². The molecule has 0 amide bonds. The van der Waals surface area contributed by atoms with Crippen molar-refractivity contribution in [3.63, 3.8) is 0 Å². The van der Waals surface area contributed by atoms with Crippen molar-refractivity contribution in [3.8, 4) is 0 Å². The summed E-state index contributed by atoms with van der Waals surface area (Å²) < 4.78 is 5.25. The lowest BCUT2D eigenvalue weighted by atomic mass is 9.47. The highest BCUT2D eigenvalue weighted by Gasteiger charge is 2.52. The van der Waals surface area contributed by atoms with Gasteiger partial charge in [-0.15, -0.1) is 0 Å². The highest BCUT2D eigenvalue weighted by molar-refractivity contribution is 5.21. The SMILES string of the molecule is CC1=CCC[C@@H]2[C@@](C)(CCc3ccoc3)[C@H](C)CC[C@]12C. The van der Waals surface area contributed by atoms with E-state index in [1.54, 1.807) is 11.8 Å². The van der Waals surface area contributed by atoms with E-state index in [-0.39, 0.29) is 0 Å². The van der Waals surface area contributed by atoms with Crippen LogP contribution in [0.25, 0.3) is 0 Å². The molecule has 0 aromatic carbocycles. The smallest absolute Gasteiger partial charge is 0.0934 e. The molecule has 0 bridgehead atoms. The van der Waals surface area contributed by atoms with Gasteiger partial charge in [0.05, 0.1) is 12.5 Å². The molecule has 21 heavy (non-hydrogen) atoms. The second-order valence-corrected chi connectivity index (χ2v) is 8.01. The molecule has 2 aliphatic rings. The van der Waals surface area contributed by atoms with E-state index < -0.39 is 0 Å². The van der Waals surface area contributed by atoms with Crippen LogP contribution in [0.15, 0.2) is 34.7 Å². The van der Waals surface area contributed by atoms with Crippen molar-refractivity contribution in [2.24, 2.45) is 22.7 Å². The van der Waals surface area contributed by atoms with Gasteiger partial charge < -0.3 is 4.42 Å². The molecule has 4 atom stereocenters. The second kappa shape index (κ2) is 5.34. The first-order valence-corrected chi connectivity index (χ1v) is 8.65. The second-order valence-electron chi connectivity index (χ2n) is 8.01. The van der Waals surface area contributed by atoms with Gasteiger partial charge in [0, 0.05) is 0 Å². The van der Waals surface area contributed by atoms with Crippen LogP contribution in [0.2, 0.25) is 0 Å². The number of rotatable bonds is 3. The van der Waals surface area contributed by atoms with Crippen LogP contribution >= 0.6 is 0 Å². The lowest BCUT2D eigenvalue weighted by molar-refractivity contribution is -0.0466. The van der Waals surface area contributed by atoms with Crippen LogP contribution in [0.5, 0.6) is 0 Å². The molecule has 0 N–H and O–H groups in total. The van der Waals surface area contributed by atoms with Gasteiger partial charge in [0.25, 0.3) is 0 Å². The average molecular weight is 286 g/mol. The van der Waals surface area contributed by atoms with Gasteiger partial charge in [0.1, 0.15) is 0 Å². The predicted octanol–water partition coefficient (Wildman–Crippen LogP) is 6.01. The van der Waals surface area contributed by atoms with Crippen LogP contribution in [0.4, 0.5) is 0 Å². The largest absolute Gasteiger partial charge is 0.472 e. The molecule has 1 heteroatoms. The van der Waals surface area contributed by atoms with E-state index in [0.717, 1.165) is 18.3 Å². The Morgan fingerprint density at radius 1 is 1.29 bits per heavy atom. The van der Waals surface area contributed by atoms with Crippen LogP contribution in [0.3, 0.4) is 0 Å². The number of hydrogen-bond acceptors (Lipinski definition) is 1. The summed E-state index contributed by atoms with van der Waals surface area (Å²) in [7, 11) is 0. The fraction of sp³-hybridized carbons (Fsp3) is 0.700. The first-order chi connectivity index (χ1) is 9.97. The average Bonchev–Trinajstić information content (AvgIpc) is 2.97. The van der Waals surface area contributed by atoms with Gasteiger partial charge >= 0.3 is 0 Å². The van der Waals surface area contributed by atoms with Crippen LogP contribution < -0.4 is 0 Å². The van der Waals surface area contributed by atoms with E-state index in [4.69, 9.17) is 4.42 Å². The Morgan fingerprint density at radius 2 is 2.10 bits per heavy atom. The Labute approximate surface area is 129 Å². The number of hydrogen-bond donors (Lipinski definition) is 0. The van der Waals surface area contributed by atoms with E-state index in [0.29, 0.717) is 10.8 Å². The summed E-state index contributed by atoms with van der Waals surface area (Å²) in [6.45, 7) is 9.96. The molecule has 0 aliphatic heterocycles. The van der Waals surface area contributed by atoms with E-state index in [1.165, 1.54) is 37.7 Å². The standard InChI is InChI=1S/C20H30O/c1-15-6-5-7-18-19(15,3)11-8-16(2)20(18,4)12-9-17-10-13-21-14-17/h6,10,13-14,16,18H,5,7-9,11-12H2,1-4H3/t16-,18+,19-,20+/m1/s1. The van der Waals surface area contributed by atoms with Gasteiger partial charge in [0.2, 0.25) is 0 Å². The van der Waals surface area contributed by atoms with Crippen LogP contribution in [-0.4, -0.2) is 0 Å². The molecule has 1 fully saturated rings. The first-order valence-electron chi connectivity index (χ1n) is 8.65. The summed E-state index contributed by atoms with van der Waals surface area (Å²) in [5.74, 6) is 1.67. The Kier molecular flexibility index (Phi) is 3.80. The quantitative estimate of drug-likeness (QED) is 0.620. The molecular formula is C20H30O. The normalized spacial score (nSPS) is 39.7. The summed E-state index contributed by atoms with van der Waals surface area (Å²) in [6, 6.07) is 2.13. The minimum Gasteiger partial charge on any atom is -0.472 e. The predicted molar refractivity (Wildman–Crippen MR) is 88.1 cm³/mol. The third-order valence-electron chi connectivity index (χ3n) is 7.13. The van der Waals surface area contributed by atoms with Crippen molar-refractivity contribution >= 4 is 0 Å². The number of allylic oxidation sites excluding steroid dienone is 2. The molecule has 0 radical (unpaired) electrons. The van der Waals surface area contributed by atoms with Crippen LogP contribution in [0, 0.1) is 22.7 Å². The molecule has 116 valence electrons. The first kappa shape index (κ1) is 14.9. The van der Waals surface area contributed by atoms with Crippen molar-refractivity contribution in [2.75, 3.05) is 0 Å². The van der Waals surface area contributed by atoms with Gasteiger partial charge in [0.15, 0.2) is 0 Å². The van der Waals surface area contributed by atoms with Crippen molar-refractivity contribution in [2.45, 2.75) is 66.2 Å². The highest BCUT2D eigenvalue weighted by atomic mass is 16.3. The van der Waals surface area contributed by atoms with Gasteiger partial charge in [-0.25, -0.2) is 0 Å². The Bertz CT molecular complexity index is 512. The summed E-state index contributed by atoms with van der Waals surface area (Å²) in [5, 5.41) is 0. The third-order valence-corrected chi connectivity index (χ3v) is 7.13. The van der Waals surface area contributed by atoms with Gasteiger partial charge in [-0.3, -0.25) is 0 Å². The Balaban J connectivity index is 1.85. The zero-order valence-corrected chi connectivity index (χ0v) is 14.1. The van der Waals surface area contributed by atoms with Crippen LogP contribution in [0.1, 0.15) is 65.4 Å². The van der Waals surface area contributed by atoms with E-state index in [2.05, 4.69) is 39.8 Å². The number of fused-ring (bicyclic) bond motifs is 1. The highest BCUT2D eigenvalue weighted by Crippen LogP contribution is 2.61. The number of furan rings is 1. The molecule has 1 saturated carbocycles. The zero-order valence-electron chi connectivity index (χ0n) is 14.1. The van der Waals surface area contributed by atoms with E-state index in [9.17, 15) is 0 Å². The maximum absolute atomic E-state index is 5.25. The maximum atomic E-state index is 5.25. The fourth-order valence-electron chi connectivity index (χ4n) is 5.18. The minimum absolute atomic E-state index is 0.440.